The first-order chi connectivity index (χ1) is 9.99. The third kappa shape index (κ3) is 4.80. The number of hydrogen-bond acceptors (Lipinski definition) is 3. The fourth-order valence-electron chi connectivity index (χ4n) is 2.84. The summed E-state index contributed by atoms with van der Waals surface area (Å²) in [6.07, 6.45) is 6.19. The van der Waals surface area contributed by atoms with Crippen LogP contribution in [0.2, 0.25) is 0 Å². The van der Waals surface area contributed by atoms with E-state index < -0.39 is 16.1 Å². The molecule has 0 bridgehead atoms. The number of hydrogen-bond donors (Lipinski definition) is 2. The smallest absolute Gasteiger partial charge is 0.240 e. The van der Waals surface area contributed by atoms with Crippen molar-refractivity contribution in [3.8, 4) is 0 Å². The van der Waals surface area contributed by atoms with Gasteiger partial charge in [0.25, 0.3) is 0 Å². The van der Waals surface area contributed by atoms with Crippen molar-refractivity contribution in [3.05, 3.63) is 29.8 Å². The second-order valence-electron chi connectivity index (χ2n) is 5.94. The first-order valence-electron chi connectivity index (χ1n) is 7.77. The van der Waals surface area contributed by atoms with Crippen LogP contribution in [0.5, 0.6) is 0 Å². The Morgan fingerprint density at radius 3 is 2.38 bits per heavy atom. The van der Waals surface area contributed by atoms with E-state index in [1.807, 2.05) is 12.1 Å². The third-order valence-corrected chi connectivity index (χ3v) is 5.60. The van der Waals surface area contributed by atoms with Gasteiger partial charge in [-0.15, -0.1) is 0 Å². The molecule has 0 saturated heterocycles. The summed E-state index contributed by atoms with van der Waals surface area (Å²) in [5.74, 6) is 0.582. The zero-order valence-corrected chi connectivity index (χ0v) is 13.4. The second kappa shape index (κ2) is 7.38. The van der Waals surface area contributed by atoms with Crippen LogP contribution in [0.4, 0.5) is 0 Å². The van der Waals surface area contributed by atoms with E-state index in [-0.39, 0.29) is 6.54 Å². The number of rotatable bonds is 6. The molecule has 0 heterocycles. The molecule has 0 amide bonds. The van der Waals surface area contributed by atoms with Crippen LogP contribution in [0.3, 0.4) is 0 Å². The Morgan fingerprint density at radius 1 is 1.19 bits per heavy atom. The zero-order chi connectivity index (χ0) is 15.3. The van der Waals surface area contributed by atoms with E-state index in [1.54, 1.807) is 19.1 Å². The third-order valence-electron chi connectivity index (χ3n) is 4.12. The van der Waals surface area contributed by atoms with Gasteiger partial charge in [-0.25, -0.2) is 13.1 Å². The molecule has 1 aromatic rings. The lowest BCUT2D eigenvalue weighted by Gasteiger charge is -2.22. The van der Waals surface area contributed by atoms with Crippen molar-refractivity contribution in [1.29, 1.82) is 0 Å². The second-order valence-corrected chi connectivity index (χ2v) is 7.71. The Balaban J connectivity index is 2.00. The number of sulfonamides is 1. The van der Waals surface area contributed by atoms with E-state index in [0.29, 0.717) is 17.2 Å². The Hall–Kier alpha value is -0.910. The van der Waals surface area contributed by atoms with E-state index in [2.05, 4.69) is 4.72 Å². The minimum absolute atomic E-state index is 0.254. The van der Waals surface area contributed by atoms with Crippen molar-refractivity contribution in [2.45, 2.75) is 62.4 Å². The molecular formula is C16H25NO3S. The molecule has 1 fully saturated rings. The van der Waals surface area contributed by atoms with E-state index >= 15 is 0 Å². The molecular weight excluding hydrogens is 286 g/mol. The molecule has 1 aromatic carbocycles. The molecule has 1 saturated carbocycles. The predicted molar refractivity (Wildman–Crippen MR) is 83.8 cm³/mol. The highest BCUT2D eigenvalue weighted by Gasteiger charge is 2.17. The predicted octanol–water partition coefficient (Wildman–Crippen LogP) is 2.78. The summed E-state index contributed by atoms with van der Waals surface area (Å²) < 4.78 is 26.7. The van der Waals surface area contributed by atoms with Gasteiger partial charge in [-0.05, 0) is 49.8 Å². The van der Waals surface area contributed by atoms with Gasteiger partial charge in [0.1, 0.15) is 0 Å². The van der Waals surface area contributed by atoms with Crippen molar-refractivity contribution in [2.24, 2.45) is 0 Å². The van der Waals surface area contributed by atoms with Gasteiger partial charge in [0.2, 0.25) is 10.0 Å². The Labute approximate surface area is 127 Å². The van der Waals surface area contributed by atoms with Crippen LogP contribution in [-0.2, 0) is 10.0 Å². The molecule has 1 aliphatic carbocycles. The standard InChI is InChI=1S/C16H25NO3S/c1-13(18)11-12-17-21(19,20)16-9-7-15(8-10-16)14-5-3-2-4-6-14/h7-10,13-14,17-18H,2-6,11-12H2,1H3. The van der Waals surface area contributed by atoms with Gasteiger partial charge < -0.3 is 5.11 Å². The first-order valence-corrected chi connectivity index (χ1v) is 9.25. The van der Waals surface area contributed by atoms with Crippen LogP contribution in [0.15, 0.2) is 29.2 Å². The van der Waals surface area contributed by atoms with Crippen LogP contribution < -0.4 is 4.72 Å². The summed E-state index contributed by atoms with van der Waals surface area (Å²) in [5.41, 5.74) is 1.25. The minimum Gasteiger partial charge on any atom is -0.393 e. The molecule has 0 spiro atoms. The molecule has 0 aromatic heterocycles. The Morgan fingerprint density at radius 2 is 1.81 bits per heavy atom. The summed E-state index contributed by atoms with van der Waals surface area (Å²) in [6, 6.07) is 7.27. The maximum Gasteiger partial charge on any atom is 0.240 e. The molecule has 21 heavy (non-hydrogen) atoms. The van der Waals surface area contributed by atoms with Crippen molar-refractivity contribution < 1.29 is 13.5 Å². The fourth-order valence-corrected chi connectivity index (χ4v) is 3.89. The molecule has 1 aliphatic rings. The quantitative estimate of drug-likeness (QED) is 0.849. The largest absolute Gasteiger partial charge is 0.393 e. The summed E-state index contributed by atoms with van der Waals surface area (Å²) >= 11 is 0. The van der Waals surface area contributed by atoms with Crippen molar-refractivity contribution in [2.75, 3.05) is 6.54 Å². The number of aliphatic hydroxyl groups excluding tert-OH is 1. The van der Waals surface area contributed by atoms with Crippen LogP contribution in [0, 0.1) is 0 Å². The number of benzene rings is 1. The van der Waals surface area contributed by atoms with E-state index in [4.69, 9.17) is 5.11 Å². The molecule has 4 nitrogen and oxygen atoms in total. The number of nitrogens with one attached hydrogen (secondary N) is 1. The molecule has 2 N–H and O–H groups in total. The molecule has 1 atom stereocenters. The van der Waals surface area contributed by atoms with Crippen molar-refractivity contribution >= 4 is 10.0 Å². The van der Waals surface area contributed by atoms with E-state index in [0.717, 1.165) is 0 Å². The molecule has 2 rings (SSSR count). The van der Waals surface area contributed by atoms with Crippen LogP contribution in [0.1, 0.15) is 56.9 Å². The lowest BCUT2D eigenvalue weighted by Crippen LogP contribution is -2.26. The Kier molecular flexibility index (Phi) is 5.79. The van der Waals surface area contributed by atoms with Gasteiger partial charge in [0, 0.05) is 6.54 Å². The van der Waals surface area contributed by atoms with Gasteiger partial charge in [0.05, 0.1) is 11.0 Å². The topological polar surface area (TPSA) is 66.4 Å². The molecule has 1 unspecified atom stereocenters. The van der Waals surface area contributed by atoms with E-state index in [1.165, 1.54) is 37.7 Å². The molecule has 5 heteroatoms. The van der Waals surface area contributed by atoms with Gasteiger partial charge in [0.15, 0.2) is 0 Å². The lowest BCUT2D eigenvalue weighted by molar-refractivity contribution is 0.186. The average Bonchev–Trinajstić information content (AvgIpc) is 2.48. The van der Waals surface area contributed by atoms with Gasteiger partial charge >= 0.3 is 0 Å². The van der Waals surface area contributed by atoms with Gasteiger partial charge in [-0.2, -0.15) is 0 Å². The lowest BCUT2D eigenvalue weighted by atomic mass is 9.84. The number of aliphatic hydroxyl groups is 1. The van der Waals surface area contributed by atoms with Gasteiger partial charge in [-0.3, -0.25) is 0 Å². The first kappa shape index (κ1) is 16.5. The zero-order valence-electron chi connectivity index (χ0n) is 12.6. The summed E-state index contributed by atoms with van der Waals surface area (Å²) in [7, 11) is -3.46. The maximum absolute atomic E-state index is 12.1. The summed E-state index contributed by atoms with van der Waals surface area (Å²) in [6.45, 7) is 1.90. The fraction of sp³-hybridized carbons (Fsp3) is 0.625. The van der Waals surface area contributed by atoms with Crippen molar-refractivity contribution in [3.63, 3.8) is 0 Å². The summed E-state index contributed by atoms with van der Waals surface area (Å²) in [5, 5.41) is 9.17. The van der Waals surface area contributed by atoms with Gasteiger partial charge in [-0.1, -0.05) is 31.4 Å². The molecule has 0 aliphatic heterocycles. The van der Waals surface area contributed by atoms with Crippen LogP contribution >= 0.6 is 0 Å². The maximum atomic E-state index is 12.1. The summed E-state index contributed by atoms with van der Waals surface area (Å²) in [4.78, 5) is 0.299. The van der Waals surface area contributed by atoms with E-state index in [9.17, 15) is 8.42 Å². The SMILES string of the molecule is CC(O)CCNS(=O)(=O)c1ccc(C2CCCCC2)cc1. The highest BCUT2D eigenvalue weighted by molar-refractivity contribution is 7.89. The highest BCUT2D eigenvalue weighted by Crippen LogP contribution is 2.32. The average molecular weight is 311 g/mol. The van der Waals surface area contributed by atoms with Crippen molar-refractivity contribution in [1.82, 2.24) is 4.72 Å². The normalized spacial score (nSPS) is 18.6. The molecule has 118 valence electrons. The van der Waals surface area contributed by atoms with Crippen LogP contribution in [0.25, 0.3) is 0 Å². The highest BCUT2D eigenvalue weighted by atomic mass is 32.2. The monoisotopic (exact) mass is 311 g/mol. The molecule has 0 radical (unpaired) electrons. The van der Waals surface area contributed by atoms with Crippen LogP contribution in [-0.4, -0.2) is 26.2 Å². The minimum atomic E-state index is -3.46. The Bertz CT molecular complexity index is 531.